The predicted molar refractivity (Wildman–Crippen MR) is 190 cm³/mol. The van der Waals surface area contributed by atoms with Crippen LogP contribution in [0.1, 0.15) is 0 Å². The molecule has 0 saturated heterocycles. The maximum Gasteiger partial charge on any atom is 0.161 e. The van der Waals surface area contributed by atoms with Crippen molar-refractivity contribution < 1.29 is 4.42 Å². The van der Waals surface area contributed by atoms with Crippen molar-refractivity contribution in [3.8, 4) is 0 Å². The van der Waals surface area contributed by atoms with E-state index in [2.05, 4.69) is 155 Å². The first-order valence-electron chi connectivity index (χ1n) is 15.4. The number of rotatable bonds is 3. The van der Waals surface area contributed by atoms with Crippen molar-refractivity contribution >= 4 is 87.4 Å². The molecule has 0 atom stereocenters. The summed E-state index contributed by atoms with van der Waals surface area (Å²) in [5.41, 5.74) is 6.07. The normalized spacial score (nSPS) is 12.0. The van der Waals surface area contributed by atoms with Gasteiger partial charge < -0.3 is 4.42 Å². The van der Waals surface area contributed by atoms with Crippen LogP contribution < -0.4 is 5.01 Å². The van der Waals surface area contributed by atoms with E-state index >= 15 is 0 Å². The fourth-order valence-corrected chi connectivity index (χ4v) is 7.40. The highest BCUT2D eigenvalue weighted by molar-refractivity contribution is 6.27. The Morgan fingerprint density at radius 3 is 1.96 bits per heavy atom. The second-order valence-electron chi connectivity index (χ2n) is 11.7. The largest absolute Gasteiger partial charge is 0.454 e. The summed E-state index contributed by atoms with van der Waals surface area (Å²) in [6.45, 7) is 0. The van der Waals surface area contributed by atoms with Gasteiger partial charge in [0.2, 0.25) is 0 Å². The first kappa shape index (κ1) is 24.4. The molecule has 0 radical (unpaired) electrons. The topological polar surface area (TPSA) is 21.3 Å². The van der Waals surface area contributed by atoms with Crippen LogP contribution in [-0.2, 0) is 0 Å². The molecule has 2 aromatic heterocycles. The van der Waals surface area contributed by atoms with E-state index in [4.69, 9.17) is 4.42 Å². The maximum absolute atomic E-state index is 6.61. The molecule has 0 spiro atoms. The molecule has 0 fully saturated rings. The number of aromatic nitrogens is 1. The van der Waals surface area contributed by atoms with Crippen LogP contribution in [0.3, 0.4) is 0 Å². The van der Waals surface area contributed by atoms with Crippen molar-refractivity contribution in [2.45, 2.75) is 0 Å². The van der Waals surface area contributed by atoms with Gasteiger partial charge in [0.1, 0.15) is 11.3 Å². The van der Waals surface area contributed by atoms with Crippen LogP contribution >= 0.6 is 0 Å². The summed E-state index contributed by atoms with van der Waals surface area (Å²) in [7, 11) is 0. The van der Waals surface area contributed by atoms with Crippen LogP contribution in [0.5, 0.6) is 0 Å². The molecule has 2 heterocycles. The fourth-order valence-electron chi connectivity index (χ4n) is 7.40. The summed E-state index contributed by atoms with van der Waals surface area (Å²) in [6.07, 6.45) is 0. The van der Waals surface area contributed by atoms with Crippen molar-refractivity contribution in [3.63, 3.8) is 0 Å². The van der Waals surface area contributed by atoms with Crippen molar-refractivity contribution in [2.24, 2.45) is 0 Å². The lowest BCUT2D eigenvalue weighted by atomic mass is 9.95. The Bertz CT molecular complexity index is 2770. The first-order chi connectivity index (χ1) is 22.3. The minimum atomic E-state index is 0.868. The molecular weight excluding hydrogens is 548 g/mol. The Kier molecular flexibility index (Phi) is 5.00. The Morgan fingerprint density at radius 2 is 1.04 bits per heavy atom. The molecule has 0 bridgehead atoms. The molecule has 3 nitrogen and oxygen atoms in total. The van der Waals surface area contributed by atoms with E-state index in [-0.39, 0.29) is 0 Å². The first-order valence-corrected chi connectivity index (χ1v) is 15.4. The molecule has 0 aliphatic rings. The predicted octanol–water partition coefficient (Wildman–Crippen LogP) is 11.8. The Labute approximate surface area is 258 Å². The van der Waals surface area contributed by atoms with Crippen molar-refractivity contribution in [3.05, 3.63) is 158 Å². The van der Waals surface area contributed by atoms with Gasteiger partial charge in [-0.1, -0.05) is 121 Å². The summed E-state index contributed by atoms with van der Waals surface area (Å²) < 4.78 is 8.97. The van der Waals surface area contributed by atoms with Crippen molar-refractivity contribution in [2.75, 3.05) is 5.01 Å². The number of anilines is 2. The molecule has 0 amide bonds. The quantitative estimate of drug-likeness (QED) is 0.196. The second kappa shape index (κ2) is 9.22. The molecule has 10 aromatic rings. The molecule has 210 valence electrons. The third kappa shape index (κ3) is 3.41. The van der Waals surface area contributed by atoms with Gasteiger partial charge in [0.25, 0.3) is 0 Å². The van der Waals surface area contributed by atoms with E-state index in [1.54, 1.807) is 0 Å². The SMILES string of the molecule is c1ccc(N(c2cccc3c2oc2ccccc23)n2c3ccccc3c3c4ccc5c6ccccc6ccc5c4ccc32)cc1. The molecule has 10 rings (SSSR count). The van der Waals surface area contributed by atoms with Gasteiger partial charge in [-0.15, -0.1) is 0 Å². The summed E-state index contributed by atoms with van der Waals surface area (Å²) in [5.74, 6) is 0. The number of hydrogen-bond acceptors (Lipinski definition) is 2. The van der Waals surface area contributed by atoms with Crippen LogP contribution in [0.25, 0.3) is 76.1 Å². The van der Waals surface area contributed by atoms with Crippen molar-refractivity contribution in [1.29, 1.82) is 0 Å². The van der Waals surface area contributed by atoms with E-state index in [1.165, 1.54) is 43.1 Å². The zero-order valence-electron chi connectivity index (χ0n) is 24.3. The van der Waals surface area contributed by atoms with E-state index in [1.807, 2.05) is 12.1 Å². The lowest BCUT2D eigenvalue weighted by Gasteiger charge is -2.28. The van der Waals surface area contributed by atoms with Crippen LogP contribution in [0.4, 0.5) is 11.4 Å². The average molecular weight is 575 g/mol. The van der Waals surface area contributed by atoms with Gasteiger partial charge in [-0.2, -0.15) is 0 Å². The number of para-hydroxylation sites is 4. The number of hydrogen-bond donors (Lipinski definition) is 0. The van der Waals surface area contributed by atoms with E-state index in [0.29, 0.717) is 0 Å². The van der Waals surface area contributed by atoms with E-state index < -0.39 is 0 Å². The standard InChI is InChI=1S/C42H26N2O/c1-2-12-28(13-3-1)43(39-19-10-17-35-33-15-7-9-20-40(33)45-42(35)39)44-37-18-8-6-16-36(37)41-34-24-23-30-29-14-5-4-11-27(29)21-22-31(30)32(34)25-26-38(41)44/h1-26H. The highest BCUT2D eigenvalue weighted by atomic mass is 16.3. The maximum atomic E-state index is 6.61. The zero-order chi connectivity index (χ0) is 29.5. The van der Waals surface area contributed by atoms with Gasteiger partial charge in [0.05, 0.1) is 16.7 Å². The summed E-state index contributed by atoms with van der Waals surface area (Å²) in [4.78, 5) is 0. The second-order valence-corrected chi connectivity index (χ2v) is 11.7. The van der Waals surface area contributed by atoms with Gasteiger partial charge in [-0.3, -0.25) is 0 Å². The molecule has 0 saturated carbocycles. The van der Waals surface area contributed by atoms with E-state index in [9.17, 15) is 0 Å². The molecule has 0 aliphatic carbocycles. The highest BCUT2D eigenvalue weighted by Gasteiger charge is 2.24. The molecule has 0 unspecified atom stereocenters. The summed E-state index contributed by atoms with van der Waals surface area (Å²) in [6, 6.07) is 56.5. The third-order valence-corrected chi connectivity index (χ3v) is 9.34. The Morgan fingerprint density at radius 1 is 0.400 bits per heavy atom. The smallest absolute Gasteiger partial charge is 0.161 e. The van der Waals surface area contributed by atoms with Crippen LogP contribution in [-0.4, -0.2) is 4.68 Å². The van der Waals surface area contributed by atoms with E-state index in [0.717, 1.165) is 44.3 Å². The van der Waals surface area contributed by atoms with Gasteiger partial charge in [0.15, 0.2) is 5.58 Å². The molecular formula is C42H26N2O. The Balaban J connectivity index is 1.34. The zero-order valence-corrected chi connectivity index (χ0v) is 24.3. The molecule has 8 aromatic carbocycles. The molecule has 45 heavy (non-hydrogen) atoms. The highest BCUT2D eigenvalue weighted by Crippen LogP contribution is 2.43. The lowest BCUT2D eigenvalue weighted by Crippen LogP contribution is -2.24. The monoisotopic (exact) mass is 574 g/mol. The van der Waals surface area contributed by atoms with Crippen molar-refractivity contribution in [1.82, 2.24) is 4.68 Å². The number of fused-ring (bicyclic) bond motifs is 12. The Hall–Kier alpha value is -6.06. The lowest BCUT2D eigenvalue weighted by molar-refractivity contribution is 0.666. The molecule has 0 aliphatic heterocycles. The number of benzene rings is 8. The van der Waals surface area contributed by atoms with Gasteiger partial charge in [0, 0.05) is 21.5 Å². The molecule has 0 N–H and O–H groups in total. The van der Waals surface area contributed by atoms with Crippen LogP contribution in [0.2, 0.25) is 0 Å². The minimum Gasteiger partial charge on any atom is -0.454 e. The summed E-state index contributed by atoms with van der Waals surface area (Å²) >= 11 is 0. The summed E-state index contributed by atoms with van der Waals surface area (Å²) in [5, 5.41) is 14.6. The van der Waals surface area contributed by atoms with Gasteiger partial charge >= 0.3 is 0 Å². The fraction of sp³-hybridized carbons (Fsp3) is 0. The molecule has 3 heteroatoms. The third-order valence-electron chi connectivity index (χ3n) is 9.34. The minimum absolute atomic E-state index is 0.868. The van der Waals surface area contributed by atoms with Crippen LogP contribution in [0.15, 0.2) is 162 Å². The number of furan rings is 1. The number of nitrogens with zero attached hydrogens (tertiary/aromatic N) is 2. The van der Waals surface area contributed by atoms with Gasteiger partial charge in [-0.05, 0) is 68.7 Å². The van der Waals surface area contributed by atoms with Gasteiger partial charge in [-0.25, -0.2) is 9.69 Å². The average Bonchev–Trinajstić information content (AvgIpc) is 3.65. The van der Waals surface area contributed by atoms with Crippen LogP contribution in [0, 0.1) is 0 Å².